The van der Waals surface area contributed by atoms with Gasteiger partial charge >= 0.3 is 0 Å². The Bertz CT molecular complexity index is 364. The Morgan fingerprint density at radius 3 is 2.31 bits per heavy atom. The van der Waals surface area contributed by atoms with Gasteiger partial charge in [-0.2, -0.15) is 0 Å². The Hall–Kier alpha value is -1.44. The summed E-state index contributed by atoms with van der Waals surface area (Å²) in [6, 6.07) is 10.1. The Kier molecular flexibility index (Phi) is 5.48. The third-order valence-corrected chi connectivity index (χ3v) is 2.45. The van der Waals surface area contributed by atoms with Crippen LogP contribution in [0.15, 0.2) is 40.3 Å². The molecular formula is C14H20N2. The lowest BCUT2D eigenvalue weighted by molar-refractivity contribution is 0.968. The van der Waals surface area contributed by atoms with E-state index in [9.17, 15) is 0 Å². The molecule has 0 saturated heterocycles. The quantitative estimate of drug-likeness (QED) is 0.541. The van der Waals surface area contributed by atoms with Gasteiger partial charge in [-0.25, -0.2) is 4.99 Å². The maximum atomic E-state index is 4.64. The molecule has 86 valence electrons. The molecule has 0 radical (unpaired) electrons. The monoisotopic (exact) mass is 216 g/mol. The van der Waals surface area contributed by atoms with Crippen molar-refractivity contribution in [2.24, 2.45) is 9.98 Å². The summed E-state index contributed by atoms with van der Waals surface area (Å²) in [6.45, 7) is 4.32. The summed E-state index contributed by atoms with van der Waals surface area (Å²) >= 11 is 0. The van der Waals surface area contributed by atoms with Crippen molar-refractivity contribution < 1.29 is 0 Å². The van der Waals surface area contributed by atoms with Gasteiger partial charge in [-0.3, -0.25) is 4.99 Å². The Morgan fingerprint density at radius 1 is 1.12 bits per heavy atom. The number of nitrogens with zero attached hydrogens (tertiary/aromatic N) is 2. The van der Waals surface area contributed by atoms with Crippen LogP contribution in [0.1, 0.15) is 38.7 Å². The zero-order valence-electron chi connectivity index (χ0n) is 10.4. The summed E-state index contributed by atoms with van der Waals surface area (Å²) in [4.78, 5) is 8.90. The van der Waals surface area contributed by atoms with Crippen LogP contribution in [0.2, 0.25) is 0 Å². The lowest BCUT2D eigenvalue weighted by atomic mass is 10.1. The highest BCUT2D eigenvalue weighted by atomic mass is 14.9. The lowest BCUT2D eigenvalue weighted by Crippen LogP contribution is -2.04. The normalized spacial score (nSPS) is 12.9. The minimum absolute atomic E-state index is 0.839. The third kappa shape index (κ3) is 3.61. The van der Waals surface area contributed by atoms with Crippen LogP contribution in [-0.4, -0.2) is 18.6 Å². The number of rotatable bonds is 4. The smallest absolute Gasteiger partial charge is 0.154 e. The van der Waals surface area contributed by atoms with E-state index in [0.29, 0.717) is 0 Å². The van der Waals surface area contributed by atoms with Gasteiger partial charge in [0.05, 0.1) is 0 Å². The molecule has 0 saturated carbocycles. The van der Waals surface area contributed by atoms with E-state index in [2.05, 4.69) is 23.8 Å². The molecular weight excluding hydrogens is 196 g/mol. The first-order valence-corrected chi connectivity index (χ1v) is 5.90. The lowest BCUT2D eigenvalue weighted by Gasteiger charge is -2.04. The molecule has 0 spiro atoms. The van der Waals surface area contributed by atoms with E-state index in [4.69, 9.17) is 0 Å². The summed E-state index contributed by atoms with van der Waals surface area (Å²) < 4.78 is 0. The van der Waals surface area contributed by atoms with Gasteiger partial charge in [0.2, 0.25) is 0 Å². The molecule has 1 rings (SSSR count). The second-order valence-electron chi connectivity index (χ2n) is 3.69. The average molecular weight is 216 g/mol. The van der Waals surface area contributed by atoms with Gasteiger partial charge in [0.25, 0.3) is 0 Å². The molecule has 0 aliphatic carbocycles. The first kappa shape index (κ1) is 12.6. The molecule has 0 amide bonds. The average Bonchev–Trinajstić information content (AvgIpc) is 2.35. The number of hydrogen-bond donors (Lipinski definition) is 0. The van der Waals surface area contributed by atoms with Crippen molar-refractivity contribution in [2.75, 3.05) is 7.05 Å². The molecule has 0 atom stereocenters. The SMILES string of the molecule is CCCC(CC)=NC(=NC)c1ccccc1. The molecule has 0 fully saturated rings. The molecule has 1 aromatic rings. The minimum Gasteiger partial charge on any atom is -0.270 e. The Labute approximate surface area is 98.1 Å². The van der Waals surface area contributed by atoms with Gasteiger partial charge in [-0.1, -0.05) is 50.6 Å². The van der Waals surface area contributed by atoms with Crippen molar-refractivity contribution in [1.82, 2.24) is 0 Å². The molecule has 0 unspecified atom stereocenters. The topological polar surface area (TPSA) is 24.7 Å². The summed E-state index contributed by atoms with van der Waals surface area (Å²) in [7, 11) is 1.80. The van der Waals surface area contributed by atoms with Gasteiger partial charge in [-0.15, -0.1) is 0 Å². The molecule has 2 heteroatoms. The highest BCUT2D eigenvalue weighted by Gasteiger charge is 2.02. The molecule has 0 aliphatic rings. The van der Waals surface area contributed by atoms with Gasteiger partial charge in [-0.05, 0) is 12.8 Å². The summed E-state index contributed by atoms with van der Waals surface area (Å²) in [5.41, 5.74) is 2.32. The zero-order chi connectivity index (χ0) is 11.8. The largest absolute Gasteiger partial charge is 0.270 e. The van der Waals surface area contributed by atoms with Crippen LogP contribution in [0, 0.1) is 0 Å². The Morgan fingerprint density at radius 2 is 1.81 bits per heavy atom. The number of benzene rings is 1. The molecule has 1 aromatic carbocycles. The van der Waals surface area contributed by atoms with Crippen molar-refractivity contribution in [1.29, 1.82) is 0 Å². The molecule has 16 heavy (non-hydrogen) atoms. The summed E-state index contributed by atoms with van der Waals surface area (Å²) in [5, 5.41) is 0. The van der Waals surface area contributed by atoms with Crippen LogP contribution in [-0.2, 0) is 0 Å². The first-order chi connectivity index (χ1) is 7.81. The van der Waals surface area contributed by atoms with Gasteiger partial charge in [0.15, 0.2) is 5.84 Å². The fraction of sp³-hybridized carbons (Fsp3) is 0.429. The molecule has 2 nitrogen and oxygen atoms in total. The van der Waals surface area contributed by atoms with Crippen molar-refractivity contribution >= 4 is 11.5 Å². The molecule has 0 aliphatic heterocycles. The van der Waals surface area contributed by atoms with E-state index in [1.54, 1.807) is 7.05 Å². The van der Waals surface area contributed by atoms with E-state index in [1.165, 1.54) is 5.71 Å². The van der Waals surface area contributed by atoms with Crippen LogP contribution < -0.4 is 0 Å². The second-order valence-corrected chi connectivity index (χ2v) is 3.69. The predicted octanol–water partition coefficient (Wildman–Crippen LogP) is 3.71. The Balaban J connectivity index is 2.92. The van der Waals surface area contributed by atoms with Crippen LogP contribution >= 0.6 is 0 Å². The standard InChI is InChI=1S/C14H20N2/c1-4-9-13(5-2)16-14(15-3)12-10-7-6-8-11-12/h6-8,10-11H,4-5,9H2,1-3H3. The fourth-order valence-corrected chi connectivity index (χ4v) is 1.58. The second kappa shape index (κ2) is 6.94. The van der Waals surface area contributed by atoms with Crippen molar-refractivity contribution in [3.05, 3.63) is 35.9 Å². The van der Waals surface area contributed by atoms with Crippen molar-refractivity contribution in [2.45, 2.75) is 33.1 Å². The zero-order valence-corrected chi connectivity index (χ0v) is 10.4. The van der Waals surface area contributed by atoms with Crippen molar-refractivity contribution in [3.8, 4) is 0 Å². The number of hydrogen-bond acceptors (Lipinski definition) is 1. The maximum absolute atomic E-state index is 4.64. The summed E-state index contributed by atoms with van der Waals surface area (Å²) in [5.74, 6) is 0.839. The van der Waals surface area contributed by atoms with Crippen molar-refractivity contribution in [3.63, 3.8) is 0 Å². The highest BCUT2D eigenvalue weighted by molar-refractivity contribution is 6.06. The minimum atomic E-state index is 0.839. The van der Waals surface area contributed by atoms with Crippen LogP contribution in [0.5, 0.6) is 0 Å². The van der Waals surface area contributed by atoms with Crippen LogP contribution in [0.4, 0.5) is 0 Å². The molecule has 0 bridgehead atoms. The van der Waals surface area contributed by atoms with E-state index in [0.717, 1.165) is 30.7 Å². The van der Waals surface area contributed by atoms with E-state index < -0.39 is 0 Å². The molecule has 0 heterocycles. The van der Waals surface area contributed by atoms with Gasteiger partial charge < -0.3 is 0 Å². The van der Waals surface area contributed by atoms with E-state index in [1.807, 2.05) is 30.3 Å². The number of amidine groups is 1. The number of aliphatic imine (C=N–C) groups is 2. The van der Waals surface area contributed by atoms with Gasteiger partial charge in [0.1, 0.15) is 0 Å². The van der Waals surface area contributed by atoms with E-state index in [-0.39, 0.29) is 0 Å². The van der Waals surface area contributed by atoms with Crippen LogP contribution in [0.3, 0.4) is 0 Å². The third-order valence-electron chi connectivity index (χ3n) is 2.45. The predicted molar refractivity (Wildman–Crippen MR) is 71.5 cm³/mol. The highest BCUT2D eigenvalue weighted by Crippen LogP contribution is 2.05. The molecule has 0 aromatic heterocycles. The molecule has 0 N–H and O–H groups in total. The van der Waals surface area contributed by atoms with Gasteiger partial charge in [0, 0.05) is 18.3 Å². The fourth-order valence-electron chi connectivity index (χ4n) is 1.58. The van der Waals surface area contributed by atoms with E-state index >= 15 is 0 Å². The first-order valence-electron chi connectivity index (χ1n) is 5.90. The van der Waals surface area contributed by atoms with Crippen LogP contribution in [0.25, 0.3) is 0 Å². The summed E-state index contributed by atoms with van der Waals surface area (Å²) in [6.07, 6.45) is 3.19. The maximum Gasteiger partial charge on any atom is 0.154 e.